The molecule has 0 saturated heterocycles. The van der Waals surface area contributed by atoms with Gasteiger partial charge < -0.3 is 4.42 Å². The van der Waals surface area contributed by atoms with E-state index in [9.17, 15) is 0 Å². The normalized spacial score (nSPS) is 17.4. The molecule has 2 atom stereocenters. The average Bonchev–Trinajstić information content (AvgIpc) is 3.91. The topological polar surface area (TPSA) is 38.9 Å². The Morgan fingerprint density at radius 1 is 0.353 bits per heavy atom. The first-order valence-corrected chi connectivity index (χ1v) is 23.6. The molecule has 0 amide bonds. The summed E-state index contributed by atoms with van der Waals surface area (Å²) in [5.74, 6) is 1.06. The fraction of sp³-hybridized carbons (Fsp3) is 0.0462. The Balaban J connectivity index is 1.05. The molecule has 0 aliphatic heterocycles. The zero-order valence-electron chi connectivity index (χ0n) is 37.1. The molecule has 3 aliphatic carbocycles. The number of allylic oxidation sites excluding steroid dienone is 4. The van der Waals surface area contributed by atoms with Crippen LogP contribution in [0.25, 0.3) is 89.2 Å². The third kappa shape index (κ3) is 5.79. The van der Waals surface area contributed by atoms with E-state index in [1.807, 2.05) is 12.1 Å². The molecule has 2 unspecified atom stereocenters. The molecule has 3 heteroatoms. The predicted octanol–water partition coefficient (Wildman–Crippen LogP) is 16.4. The first-order chi connectivity index (χ1) is 33.7. The second kappa shape index (κ2) is 15.2. The van der Waals surface area contributed by atoms with Crippen molar-refractivity contribution in [3.05, 3.63) is 276 Å². The number of aromatic nitrogens is 2. The Morgan fingerprint density at radius 2 is 0.897 bits per heavy atom. The lowest BCUT2D eigenvalue weighted by molar-refractivity contribution is 0.670. The van der Waals surface area contributed by atoms with Gasteiger partial charge in [-0.15, -0.1) is 0 Å². The zero-order valence-corrected chi connectivity index (χ0v) is 37.1. The third-order valence-corrected chi connectivity index (χ3v) is 14.7. The van der Waals surface area contributed by atoms with Gasteiger partial charge in [0.25, 0.3) is 0 Å². The molecule has 68 heavy (non-hydrogen) atoms. The molecule has 0 N–H and O–H groups in total. The van der Waals surface area contributed by atoms with Crippen LogP contribution in [0.1, 0.15) is 45.2 Å². The Kier molecular flexibility index (Phi) is 8.63. The summed E-state index contributed by atoms with van der Waals surface area (Å²) < 4.78 is 6.70. The highest BCUT2D eigenvalue weighted by atomic mass is 16.3. The van der Waals surface area contributed by atoms with Gasteiger partial charge in [0.1, 0.15) is 11.2 Å². The Bertz CT molecular complexity index is 3760. The van der Waals surface area contributed by atoms with Gasteiger partial charge in [-0.05, 0) is 109 Å². The van der Waals surface area contributed by atoms with Gasteiger partial charge >= 0.3 is 0 Å². The van der Waals surface area contributed by atoms with E-state index < -0.39 is 5.41 Å². The Hall–Kier alpha value is -8.66. The standard InChI is InChI=1S/C65H42N2O/c1-3-18-41(19-4-1)44-36-45(42-20-5-2-6-21-42)38-46(37-44)64-66-60(40-61(67-64)55-29-17-28-54-53-27-12-16-33-62(53)68-63(54)55)43-34-35-52-51-26-11-15-32-58(51)65(59(52)39-43)56-30-13-9-24-49(56)47-22-7-8-23-48(47)50-25-10-14-31-57(50)65/h1-40,47-48H. The van der Waals surface area contributed by atoms with Crippen LogP contribution in [0.5, 0.6) is 0 Å². The summed E-state index contributed by atoms with van der Waals surface area (Å²) in [4.78, 5) is 11.1. The van der Waals surface area contributed by atoms with E-state index in [1.165, 1.54) is 44.5 Å². The van der Waals surface area contributed by atoms with Crippen molar-refractivity contribution in [1.29, 1.82) is 0 Å². The Labute approximate surface area is 395 Å². The van der Waals surface area contributed by atoms with Crippen molar-refractivity contribution >= 4 is 21.9 Å². The number of hydrogen-bond acceptors (Lipinski definition) is 3. The Morgan fingerprint density at radius 3 is 1.60 bits per heavy atom. The molecule has 9 aromatic carbocycles. The SMILES string of the molecule is C1=CC2c3ccccc3C3(c4ccccc4-c4ccc(-c5cc(-c6cccc7c6oc6ccccc67)nc(-c6cc(-c7ccccc7)cc(-c7ccccc7)c6)n5)cc43)c3ccccc3C2C=C1. The molecule has 2 aromatic heterocycles. The second-order valence-electron chi connectivity index (χ2n) is 18.3. The smallest absolute Gasteiger partial charge is 0.160 e. The van der Waals surface area contributed by atoms with Crippen LogP contribution in [0, 0.1) is 0 Å². The number of hydrogen-bond donors (Lipinski definition) is 0. The number of rotatable bonds is 5. The van der Waals surface area contributed by atoms with Gasteiger partial charge in [-0.25, -0.2) is 9.97 Å². The summed E-state index contributed by atoms with van der Waals surface area (Å²) in [5, 5.41) is 2.14. The van der Waals surface area contributed by atoms with Gasteiger partial charge in [0.15, 0.2) is 5.82 Å². The molecule has 3 nitrogen and oxygen atoms in total. The van der Waals surface area contributed by atoms with E-state index >= 15 is 0 Å². The molecule has 0 fully saturated rings. The van der Waals surface area contributed by atoms with Crippen LogP contribution < -0.4 is 0 Å². The molecular formula is C65H42N2O. The van der Waals surface area contributed by atoms with Crippen LogP contribution in [0.2, 0.25) is 0 Å². The van der Waals surface area contributed by atoms with Crippen LogP contribution in [0.15, 0.2) is 247 Å². The fourth-order valence-corrected chi connectivity index (χ4v) is 11.8. The van der Waals surface area contributed by atoms with Gasteiger partial charge in [0.05, 0.1) is 16.8 Å². The summed E-state index contributed by atoms with van der Waals surface area (Å²) in [6.45, 7) is 0. The molecule has 2 heterocycles. The maximum atomic E-state index is 6.70. The van der Waals surface area contributed by atoms with E-state index in [2.05, 4.69) is 231 Å². The molecular weight excluding hydrogens is 825 g/mol. The summed E-state index contributed by atoms with van der Waals surface area (Å²) in [5.41, 5.74) is 20.5. The van der Waals surface area contributed by atoms with Gasteiger partial charge in [0, 0.05) is 39.3 Å². The molecule has 1 spiro atoms. The fourth-order valence-electron chi connectivity index (χ4n) is 11.8. The molecule has 318 valence electrons. The number of furan rings is 1. The van der Waals surface area contributed by atoms with Gasteiger partial charge in [-0.1, -0.05) is 200 Å². The van der Waals surface area contributed by atoms with Crippen molar-refractivity contribution in [2.24, 2.45) is 0 Å². The minimum absolute atomic E-state index is 0.205. The zero-order chi connectivity index (χ0) is 44.8. The molecule has 14 rings (SSSR count). The average molecular weight is 867 g/mol. The highest BCUT2D eigenvalue weighted by Crippen LogP contribution is 2.62. The van der Waals surface area contributed by atoms with Crippen molar-refractivity contribution in [2.75, 3.05) is 0 Å². The largest absolute Gasteiger partial charge is 0.455 e. The summed E-state index contributed by atoms with van der Waals surface area (Å²) >= 11 is 0. The van der Waals surface area contributed by atoms with Crippen LogP contribution in [0.4, 0.5) is 0 Å². The van der Waals surface area contributed by atoms with Crippen LogP contribution in [0.3, 0.4) is 0 Å². The van der Waals surface area contributed by atoms with E-state index in [4.69, 9.17) is 14.4 Å². The van der Waals surface area contributed by atoms with Crippen molar-refractivity contribution in [2.45, 2.75) is 17.3 Å². The highest BCUT2D eigenvalue weighted by molar-refractivity contribution is 6.09. The van der Waals surface area contributed by atoms with Crippen molar-refractivity contribution in [3.8, 4) is 67.3 Å². The molecule has 0 radical (unpaired) electrons. The van der Waals surface area contributed by atoms with Gasteiger partial charge in [0.2, 0.25) is 0 Å². The first-order valence-electron chi connectivity index (χ1n) is 23.6. The van der Waals surface area contributed by atoms with Crippen LogP contribution in [-0.2, 0) is 5.41 Å². The summed E-state index contributed by atoms with van der Waals surface area (Å²) in [6.07, 6.45) is 9.25. The predicted molar refractivity (Wildman–Crippen MR) is 278 cm³/mol. The number of benzene rings is 9. The summed E-state index contributed by atoms with van der Waals surface area (Å²) in [7, 11) is 0. The van der Waals surface area contributed by atoms with Crippen molar-refractivity contribution < 1.29 is 4.42 Å². The van der Waals surface area contributed by atoms with Crippen molar-refractivity contribution in [3.63, 3.8) is 0 Å². The lowest BCUT2D eigenvalue weighted by atomic mass is 9.66. The molecule has 0 saturated carbocycles. The van der Waals surface area contributed by atoms with E-state index in [0.29, 0.717) is 5.82 Å². The minimum atomic E-state index is -0.582. The maximum absolute atomic E-state index is 6.70. The second-order valence-corrected chi connectivity index (χ2v) is 18.3. The van der Waals surface area contributed by atoms with Crippen LogP contribution >= 0.6 is 0 Å². The van der Waals surface area contributed by atoms with Gasteiger partial charge in [-0.3, -0.25) is 0 Å². The number of nitrogens with zero attached hydrogens (tertiary/aromatic N) is 2. The molecule has 0 bridgehead atoms. The molecule has 11 aromatic rings. The van der Waals surface area contributed by atoms with Crippen molar-refractivity contribution in [1.82, 2.24) is 9.97 Å². The highest BCUT2D eigenvalue weighted by Gasteiger charge is 2.51. The van der Waals surface area contributed by atoms with E-state index in [0.717, 1.165) is 72.3 Å². The number of fused-ring (bicyclic) bond motifs is 15. The summed E-state index contributed by atoms with van der Waals surface area (Å²) in [6, 6.07) is 79.3. The monoisotopic (exact) mass is 866 g/mol. The molecule has 3 aliphatic rings. The van der Waals surface area contributed by atoms with Gasteiger partial charge in [-0.2, -0.15) is 0 Å². The lowest BCUT2D eigenvalue weighted by Crippen LogP contribution is -2.30. The first kappa shape index (κ1) is 38.6. The third-order valence-electron chi connectivity index (χ3n) is 14.7. The van der Waals surface area contributed by atoms with Crippen LogP contribution in [-0.4, -0.2) is 9.97 Å². The number of para-hydroxylation sites is 2. The van der Waals surface area contributed by atoms with E-state index in [-0.39, 0.29) is 11.8 Å². The minimum Gasteiger partial charge on any atom is -0.455 e. The quantitative estimate of drug-likeness (QED) is 0.173. The lowest BCUT2D eigenvalue weighted by Gasteiger charge is -2.35. The maximum Gasteiger partial charge on any atom is 0.160 e. The van der Waals surface area contributed by atoms with E-state index in [1.54, 1.807) is 0 Å².